The van der Waals surface area contributed by atoms with E-state index in [1.807, 2.05) is 6.07 Å². The summed E-state index contributed by atoms with van der Waals surface area (Å²) in [6.07, 6.45) is 1.52. The molecule has 6 heteroatoms. The largest absolute Gasteiger partial charge is 0.354 e. The minimum Gasteiger partial charge on any atom is -0.354 e. The highest BCUT2D eigenvalue weighted by Gasteiger charge is 2.25. The fourth-order valence-corrected chi connectivity index (χ4v) is 2.16. The van der Waals surface area contributed by atoms with Crippen LogP contribution in [0.5, 0.6) is 0 Å². The summed E-state index contributed by atoms with van der Waals surface area (Å²) in [6, 6.07) is 1.85. The molecule has 2 rings (SSSR count). The van der Waals surface area contributed by atoms with E-state index in [2.05, 4.69) is 42.9 Å². The van der Waals surface area contributed by atoms with E-state index in [9.17, 15) is 0 Å². The lowest BCUT2D eigenvalue weighted by molar-refractivity contribution is 0.644. The number of anilines is 2. The van der Waals surface area contributed by atoms with Gasteiger partial charge in [-0.15, -0.1) is 0 Å². The first-order chi connectivity index (χ1) is 6.29. The van der Waals surface area contributed by atoms with Crippen LogP contribution in [0.4, 0.5) is 11.6 Å². The summed E-state index contributed by atoms with van der Waals surface area (Å²) in [5.74, 6) is 6.84. The van der Waals surface area contributed by atoms with Crippen molar-refractivity contribution in [1.29, 1.82) is 0 Å². The molecule has 0 aromatic carbocycles. The summed E-state index contributed by atoms with van der Waals surface area (Å²) >= 11 is 2.43. The van der Waals surface area contributed by atoms with Crippen LogP contribution in [0, 0.1) is 0 Å². The molecular formula is C7H10IN5. The molecule has 70 valence electrons. The molecule has 0 amide bonds. The predicted molar refractivity (Wildman–Crippen MR) is 59.9 cm³/mol. The van der Waals surface area contributed by atoms with E-state index >= 15 is 0 Å². The number of rotatable bonds is 2. The lowest BCUT2D eigenvalue weighted by Crippen LogP contribution is -2.47. The van der Waals surface area contributed by atoms with E-state index in [0.29, 0.717) is 5.82 Å². The van der Waals surface area contributed by atoms with E-state index in [1.54, 1.807) is 0 Å². The van der Waals surface area contributed by atoms with Crippen molar-refractivity contribution in [3.63, 3.8) is 0 Å². The van der Waals surface area contributed by atoms with Crippen molar-refractivity contribution in [2.24, 2.45) is 5.84 Å². The number of halogens is 1. The van der Waals surface area contributed by atoms with Crippen molar-refractivity contribution in [2.45, 2.75) is 3.92 Å². The van der Waals surface area contributed by atoms with Crippen molar-refractivity contribution >= 4 is 34.2 Å². The van der Waals surface area contributed by atoms with Gasteiger partial charge in [-0.1, -0.05) is 22.6 Å². The maximum absolute atomic E-state index is 5.25. The van der Waals surface area contributed by atoms with Crippen LogP contribution in [0.25, 0.3) is 0 Å². The van der Waals surface area contributed by atoms with Crippen LogP contribution in [0.1, 0.15) is 0 Å². The number of nitrogens with one attached hydrogen (secondary N) is 1. The van der Waals surface area contributed by atoms with Crippen molar-refractivity contribution in [3.05, 3.63) is 12.4 Å². The predicted octanol–water partition coefficient (Wildman–Crippen LogP) is 0.386. The van der Waals surface area contributed by atoms with Crippen LogP contribution in [-0.2, 0) is 0 Å². The van der Waals surface area contributed by atoms with Gasteiger partial charge in [-0.05, 0) is 0 Å². The van der Waals surface area contributed by atoms with Crippen LogP contribution in [0.15, 0.2) is 12.4 Å². The Kier molecular flexibility index (Phi) is 2.49. The summed E-state index contributed by atoms with van der Waals surface area (Å²) in [7, 11) is 0. The Balaban J connectivity index is 2.12. The maximum Gasteiger partial charge on any atom is 0.145 e. The normalized spacial score (nSPS) is 16.9. The number of nitrogen functional groups attached to an aromatic ring is 1. The Labute approximate surface area is 89.8 Å². The smallest absolute Gasteiger partial charge is 0.145 e. The van der Waals surface area contributed by atoms with Gasteiger partial charge in [0.2, 0.25) is 0 Å². The molecular weight excluding hydrogens is 281 g/mol. The number of hydrogen-bond donors (Lipinski definition) is 2. The first-order valence-electron chi connectivity index (χ1n) is 3.97. The van der Waals surface area contributed by atoms with Crippen LogP contribution < -0.4 is 16.2 Å². The summed E-state index contributed by atoms with van der Waals surface area (Å²) < 4.78 is 0.738. The Hall–Kier alpha value is -0.630. The number of hydrogen-bond acceptors (Lipinski definition) is 5. The lowest BCUT2D eigenvalue weighted by atomic mass is 10.2. The Morgan fingerprint density at radius 3 is 2.92 bits per heavy atom. The van der Waals surface area contributed by atoms with E-state index < -0.39 is 0 Å². The van der Waals surface area contributed by atoms with Crippen LogP contribution >= 0.6 is 22.6 Å². The van der Waals surface area contributed by atoms with Crippen molar-refractivity contribution in [2.75, 3.05) is 23.4 Å². The average Bonchev–Trinajstić information content (AvgIpc) is 2.13. The average molecular weight is 291 g/mol. The Morgan fingerprint density at radius 1 is 1.54 bits per heavy atom. The second-order valence-electron chi connectivity index (χ2n) is 2.91. The fourth-order valence-electron chi connectivity index (χ4n) is 1.21. The number of nitrogens with two attached hydrogens (primary N) is 1. The molecule has 0 bridgehead atoms. The number of hydrazine groups is 1. The van der Waals surface area contributed by atoms with Gasteiger partial charge in [0.05, 0.1) is 0 Å². The van der Waals surface area contributed by atoms with Crippen LogP contribution in [0.2, 0.25) is 0 Å². The summed E-state index contributed by atoms with van der Waals surface area (Å²) in [6.45, 7) is 2.11. The zero-order valence-corrected chi connectivity index (χ0v) is 9.10. The minimum absolute atomic E-state index is 0.655. The van der Waals surface area contributed by atoms with Crippen molar-refractivity contribution in [3.8, 4) is 0 Å². The Morgan fingerprint density at radius 2 is 2.31 bits per heavy atom. The van der Waals surface area contributed by atoms with E-state index in [0.717, 1.165) is 22.8 Å². The second kappa shape index (κ2) is 3.62. The molecule has 13 heavy (non-hydrogen) atoms. The van der Waals surface area contributed by atoms with Gasteiger partial charge in [0, 0.05) is 23.1 Å². The highest BCUT2D eigenvalue weighted by Crippen LogP contribution is 2.23. The van der Waals surface area contributed by atoms with E-state index in [4.69, 9.17) is 5.84 Å². The van der Waals surface area contributed by atoms with Crippen molar-refractivity contribution < 1.29 is 0 Å². The molecule has 3 N–H and O–H groups in total. The van der Waals surface area contributed by atoms with Gasteiger partial charge in [-0.25, -0.2) is 15.8 Å². The van der Waals surface area contributed by atoms with Gasteiger partial charge < -0.3 is 10.3 Å². The van der Waals surface area contributed by atoms with E-state index in [1.165, 1.54) is 6.33 Å². The lowest BCUT2D eigenvalue weighted by Gasteiger charge is -2.36. The van der Waals surface area contributed by atoms with Gasteiger partial charge in [0.25, 0.3) is 0 Å². The molecule has 1 aliphatic heterocycles. The first-order valence-corrected chi connectivity index (χ1v) is 5.22. The zero-order valence-electron chi connectivity index (χ0n) is 6.94. The zero-order chi connectivity index (χ0) is 9.26. The van der Waals surface area contributed by atoms with Crippen molar-refractivity contribution in [1.82, 2.24) is 9.97 Å². The molecule has 0 unspecified atom stereocenters. The summed E-state index contributed by atoms with van der Waals surface area (Å²) in [5.41, 5.74) is 2.50. The molecule has 0 spiro atoms. The first kappa shape index (κ1) is 8.95. The number of aromatic nitrogens is 2. The standard InChI is InChI=1S/C7H10IN5/c8-5-2-13(3-5)7-1-6(12-9)10-4-11-7/h1,4-5H,2-3,9H2,(H,10,11,12). The highest BCUT2D eigenvalue weighted by atomic mass is 127. The third-order valence-corrected chi connectivity index (χ3v) is 2.75. The van der Waals surface area contributed by atoms with Crippen LogP contribution in [-0.4, -0.2) is 27.0 Å². The van der Waals surface area contributed by atoms with Gasteiger partial charge in [-0.3, -0.25) is 0 Å². The molecule has 0 radical (unpaired) electrons. The highest BCUT2D eigenvalue weighted by molar-refractivity contribution is 14.1. The van der Waals surface area contributed by atoms with Gasteiger partial charge >= 0.3 is 0 Å². The fraction of sp³-hybridized carbons (Fsp3) is 0.429. The molecule has 1 aromatic rings. The third kappa shape index (κ3) is 1.83. The molecule has 0 atom stereocenters. The quantitative estimate of drug-likeness (QED) is 0.357. The molecule has 1 fully saturated rings. The molecule has 1 saturated heterocycles. The van der Waals surface area contributed by atoms with E-state index in [-0.39, 0.29) is 0 Å². The number of alkyl halides is 1. The Bertz CT molecular complexity index is 299. The summed E-state index contributed by atoms with van der Waals surface area (Å²) in [4.78, 5) is 10.3. The minimum atomic E-state index is 0.655. The molecule has 1 aromatic heterocycles. The molecule has 2 heterocycles. The molecule has 0 saturated carbocycles. The molecule has 5 nitrogen and oxygen atoms in total. The number of nitrogens with zero attached hydrogens (tertiary/aromatic N) is 3. The van der Waals surface area contributed by atoms with Gasteiger partial charge in [0.1, 0.15) is 18.0 Å². The topological polar surface area (TPSA) is 67.1 Å². The molecule has 0 aliphatic carbocycles. The van der Waals surface area contributed by atoms with Gasteiger partial charge in [0.15, 0.2) is 0 Å². The monoisotopic (exact) mass is 291 g/mol. The SMILES string of the molecule is NNc1cc(N2CC(I)C2)ncn1. The maximum atomic E-state index is 5.25. The van der Waals surface area contributed by atoms with Gasteiger partial charge in [-0.2, -0.15) is 0 Å². The van der Waals surface area contributed by atoms with Crippen LogP contribution in [0.3, 0.4) is 0 Å². The molecule has 1 aliphatic rings. The second-order valence-corrected chi connectivity index (χ2v) is 4.67. The summed E-state index contributed by atoms with van der Waals surface area (Å²) in [5, 5.41) is 0. The third-order valence-electron chi connectivity index (χ3n) is 1.96.